The van der Waals surface area contributed by atoms with E-state index in [4.69, 9.17) is 37.9 Å². The molecule has 6 aliphatic carbocycles. The number of fused-ring (bicyclic) bond motifs is 1. The molecule has 6 bridgehead atoms. The standard InChI is InChI=1S/C67H89F3O18S/c1-10-59(4,56(76)88-66-32-40-28-41(33-66)31-65(30-40,39-66)57(77)83-48(67(68,69)70)34-89(78,79)80)36-62(7,55(75)85-50-47-29-46-49(82-47)51(50)84-52(46)72)38-60(5,42-16-18-43(71)19-17-42)37-61(6,35-58(2,3)53(73)87-64(9)26-14-15-27-64)54(74)81-44-20-22-45(23-21-44)86-63(8)24-12-11-13-25-63/h16-23,40-41,46-51,71H,10-15,24-39H2,1-9H3,(H,78,79,80). The third-order valence-electron chi connectivity index (χ3n) is 21.6. The van der Waals surface area contributed by atoms with Crippen molar-refractivity contribution in [1.29, 1.82) is 0 Å². The Hall–Kier alpha value is -5.48. The predicted molar refractivity (Wildman–Crippen MR) is 314 cm³/mol. The lowest BCUT2D eigenvalue weighted by atomic mass is 9.47. The first-order chi connectivity index (χ1) is 41.3. The Morgan fingerprint density at radius 1 is 0.685 bits per heavy atom. The highest BCUT2D eigenvalue weighted by Crippen LogP contribution is 2.64. The summed E-state index contributed by atoms with van der Waals surface area (Å²) in [6.45, 7) is 16.1. The summed E-state index contributed by atoms with van der Waals surface area (Å²) in [6, 6.07) is 13.2. The summed E-state index contributed by atoms with van der Waals surface area (Å²) in [7, 11) is -5.24. The van der Waals surface area contributed by atoms with Gasteiger partial charge in [-0.15, -0.1) is 0 Å². The van der Waals surface area contributed by atoms with E-state index in [0.29, 0.717) is 30.6 Å². The van der Waals surface area contributed by atoms with Crippen molar-refractivity contribution < 1.29 is 97.9 Å². The van der Waals surface area contributed by atoms with E-state index in [2.05, 4.69) is 6.92 Å². The number of aromatic hydroxyl groups is 1. The molecule has 9 aliphatic rings. The van der Waals surface area contributed by atoms with Crippen LogP contribution in [-0.4, -0.2) is 113 Å². The van der Waals surface area contributed by atoms with Gasteiger partial charge in [-0.05, 0) is 230 Å². The first kappa shape index (κ1) is 66.4. The summed E-state index contributed by atoms with van der Waals surface area (Å²) in [5.41, 5.74) is -11.0. The fourth-order valence-electron chi connectivity index (χ4n) is 17.7. The highest BCUT2D eigenvalue weighted by atomic mass is 32.2. The van der Waals surface area contributed by atoms with Gasteiger partial charge in [0.25, 0.3) is 10.1 Å². The molecule has 0 aromatic heterocycles. The van der Waals surface area contributed by atoms with Crippen molar-refractivity contribution in [3.8, 4) is 17.2 Å². The molecule has 89 heavy (non-hydrogen) atoms. The van der Waals surface area contributed by atoms with E-state index in [1.807, 2.05) is 13.8 Å². The van der Waals surface area contributed by atoms with Crippen LogP contribution in [0.15, 0.2) is 48.5 Å². The number of benzene rings is 2. The average Bonchev–Trinajstić information content (AvgIpc) is 1.70. The fourth-order valence-corrected chi connectivity index (χ4v) is 18.4. The molecular formula is C67H89F3O18S. The monoisotopic (exact) mass is 1270 g/mol. The highest BCUT2D eigenvalue weighted by Gasteiger charge is 2.67. The van der Waals surface area contributed by atoms with Gasteiger partial charge in [0.15, 0.2) is 12.2 Å². The number of esters is 6. The minimum atomic E-state index is -5.34. The van der Waals surface area contributed by atoms with Gasteiger partial charge in [-0.25, -0.2) is 0 Å². The Bertz CT molecular complexity index is 3140. The molecule has 9 fully saturated rings. The second-order valence-corrected chi connectivity index (χ2v) is 32.0. The van der Waals surface area contributed by atoms with E-state index in [9.17, 15) is 45.6 Å². The molecule has 3 saturated heterocycles. The molecule has 18 nitrogen and oxygen atoms in total. The van der Waals surface area contributed by atoms with Crippen LogP contribution in [0.3, 0.4) is 0 Å². The van der Waals surface area contributed by atoms with Gasteiger partial charge in [0.1, 0.15) is 45.9 Å². The first-order valence-electron chi connectivity index (χ1n) is 31.9. The van der Waals surface area contributed by atoms with Crippen LogP contribution in [0, 0.1) is 44.8 Å². The molecule has 12 atom stereocenters. The second kappa shape index (κ2) is 23.6. The van der Waals surface area contributed by atoms with Gasteiger partial charge in [-0.1, -0.05) is 32.4 Å². The van der Waals surface area contributed by atoms with Crippen LogP contribution in [0.5, 0.6) is 17.2 Å². The predicted octanol–water partition coefficient (Wildman–Crippen LogP) is 12.1. The third-order valence-corrected chi connectivity index (χ3v) is 22.3. The van der Waals surface area contributed by atoms with E-state index in [1.54, 1.807) is 77.9 Å². The zero-order chi connectivity index (χ0) is 64.8. The molecule has 2 aromatic carbocycles. The molecular weight excluding hydrogens is 1180 g/mol. The first-order valence-corrected chi connectivity index (χ1v) is 33.5. The lowest BCUT2D eigenvalue weighted by Crippen LogP contribution is -2.61. The van der Waals surface area contributed by atoms with E-state index in [0.717, 1.165) is 44.9 Å². The lowest BCUT2D eigenvalue weighted by molar-refractivity contribution is -0.239. The number of rotatable bonds is 24. The molecule has 492 valence electrons. The zero-order valence-electron chi connectivity index (χ0n) is 52.8. The summed E-state index contributed by atoms with van der Waals surface area (Å²) < 4.78 is 125. The van der Waals surface area contributed by atoms with E-state index in [-0.39, 0.29) is 99.6 Å². The van der Waals surface area contributed by atoms with Crippen molar-refractivity contribution in [2.75, 3.05) is 5.75 Å². The smallest absolute Gasteiger partial charge is 0.426 e. The minimum absolute atomic E-state index is 0.0606. The largest absolute Gasteiger partial charge is 0.508 e. The second-order valence-electron chi connectivity index (χ2n) is 30.5. The van der Waals surface area contributed by atoms with Crippen molar-refractivity contribution in [3.63, 3.8) is 0 Å². The number of halogens is 3. The van der Waals surface area contributed by atoms with Crippen LogP contribution < -0.4 is 9.47 Å². The Balaban J connectivity index is 0.998. The average molecular weight is 1270 g/mol. The van der Waals surface area contributed by atoms with Gasteiger partial charge in [-0.2, -0.15) is 21.6 Å². The van der Waals surface area contributed by atoms with Crippen LogP contribution in [0.2, 0.25) is 0 Å². The molecule has 22 heteroatoms. The SMILES string of the molecule is CCC(C)(CC(C)(CC(C)(CC(C)(CC(C)(C)C(=O)OC1(C)CCCC1)C(=O)Oc1ccc(OC2(C)CCCCC2)cc1)c1ccc(O)cc1)C(=O)OC1C2CC3C(=O)OC1C3O2)C(=O)OC12CC3CC(C1)CC(C(=O)OC(CS(=O)(=O)O)C(F)(F)F)(C3)C2. The Morgan fingerprint density at radius 2 is 1.26 bits per heavy atom. The maximum Gasteiger partial charge on any atom is 0.426 e. The van der Waals surface area contributed by atoms with E-state index >= 15 is 14.4 Å². The van der Waals surface area contributed by atoms with Crippen molar-refractivity contribution in [2.45, 2.75) is 256 Å². The van der Waals surface area contributed by atoms with Gasteiger partial charge in [0.2, 0.25) is 6.10 Å². The number of carbonyl (C=O) groups excluding carboxylic acids is 6. The molecule has 6 saturated carbocycles. The van der Waals surface area contributed by atoms with E-state index in [1.165, 1.54) is 12.1 Å². The van der Waals surface area contributed by atoms with Gasteiger partial charge >= 0.3 is 42.0 Å². The normalized spacial score (nSPS) is 31.2. The molecule has 2 aromatic rings. The Morgan fingerprint density at radius 3 is 1.84 bits per heavy atom. The number of carbonyl (C=O) groups is 6. The van der Waals surface area contributed by atoms with Crippen LogP contribution in [0.1, 0.15) is 203 Å². The zero-order valence-corrected chi connectivity index (χ0v) is 53.6. The molecule has 0 spiro atoms. The van der Waals surface area contributed by atoms with Crippen molar-refractivity contribution in [1.82, 2.24) is 0 Å². The number of hydrogen-bond acceptors (Lipinski definition) is 17. The molecule has 3 aliphatic heterocycles. The van der Waals surface area contributed by atoms with Crippen molar-refractivity contribution in [2.24, 2.45) is 44.8 Å². The Labute approximate surface area is 519 Å². The minimum Gasteiger partial charge on any atom is -0.508 e. The Kier molecular flexibility index (Phi) is 17.6. The number of hydrogen-bond donors (Lipinski definition) is 2. The summed E-state index contributed by atoms with van der Waals surface area (Å²) in [6.07, 6.45) is -2.79. The maximum atomic E-state index is 15.9. The van der Waals surface area contributed by atoms with Gasteiger partial charge in [0, 0.05) is 6.42 Å². The highest BCUT2D eigenvalue weighted by molar-refractivity contribution is 7.85. The number of phenolic OH excluding ortho intramolecular Hbond substituents is 1. The number of ether oxygens (including phenoxy) is 8. The number of alkyl halides is 3. The molecule has 0 amide bonds. The third kappa shape index (κ3) is 13.9. The summed E-state index contributed by atoms with van der Waals surface area (Å²) >= 11 is 0. The van der Waals surface area contributed by atoms with Crippen LogP contribution >= 0.6 is 0 Å². The maximum absolute atomic E-state index is 15.9. The van der Waals surface area contributed by atoms with Crippen molar-refractivity contribution >= 4 is 45.9 Å². The molecule has 12 unspecified atom stereocenters. The van der Waals surface area contributed by atoms with Crippen LogP contribution in [0.4, 0.5) is 13.2 Å². The van der Waals surface area contributed by atoms with Gasteiger partial charge in [0.05, 0.1) is 39.1 Å². The fraction of sp³-hybridized carbons (Fsp3) is 0.731. The van der Waals surface area contributed by atoms with Gasteiger partial charge < -0.3 is 43.0 Å². The molecule has 3 heterocycles. The quantitative estimate of drug-likeness (QED) is 0.0429. The van der Waals surface area contributed by atoms with Crippen LogP contribution in [-0.2, 0) is 72.7 Å². The van der Waals surface area contributed by atoms with Gasteiger partial charge in [-0.3, -0.25) is 33.3 Å². The van der Waals surface area contributed by atoms with Crippen LogP contribution in [0.25, 0.3) is 0 Å². The van der Waals surface area contributed by atoms with Crippen molar-refractivity contribution in [3.05, 3.63) is 54.1 Å². The summed E-state index contributed by atoms with van der Waals surface area (Å²) in [4.78, 5) is 88.7. The lowest BCUT2D eigenvalue weighted by Gasteiger charge is -2.60. The molecule has 11 rings (SSSR count). The summed E-state index contributed by atoms with van der Waals surface area (Å²) in [5.74, 6) is -6.75. The molecule has 0 radical (unpaired) electrons. The topological polar surface area (TPSA) is 251 Å². The molecule has 2 N–H and O–H groups in total. The van der Waals surface area contributed by atoms with E-state index < -0.39 is 138 Å². The number of phenols is 1. The summed E-state index contributed by atoms with van der Waals surface area (Å²) in [5, 5.41) is 10.8.